The van der Waals surface area contributed by atoms with E-state index in [0.717, 1.165) is 17.0 Å². The van der Waals surface area contributed by atoms with Crippen LogP contribution in [-0.4, -0.2) is 44.7 Å². The lowest BCUT2D eigenvalue weighted by Crippen LogP contribution is -2.40. The molecule has 0 radical (unpaired) electrons. The SMILES string of the molecule is COC[C@@H](C)NC(=S)N/N=C(/C)c1ccc(N(C)C)cc1. The lowest BCUT2D eigenvalue weighted by molar-refractivity contribution is 0.179. The van der Waals surface area contributed by atoms with Gasteiger partial charge in [-0.15, -0.1) is 0 Å². The monoisotopic (exact) mass is 308 g/mol. The van der Waals surface area contributed by atoms with E-state index < -0.39 is 0 Å². The van der Waals surface area contributed by atoms with Crippen molar-refractivity contribution < 1.29 is 4.74 Å². The molecule has 1 atom stereocenters. The topological polar surface area (TPSA) is 48.9 Å². The van der Waals surface area contributed by atoms with Gasteiger partial charge >= 0.3 is 0 Å². The summed E-state index contributed by atoms with van der Waals surface area (Å²) < 4.78 is 5.04. The lowest BCUT2D eigenvalue weighted by Gasteiger charge is -2.15. The molecule has 0 saturated heterocycles. The van der Waals surface area contributed by atoms with E-state index in [4.69, 9.17) is 17.0 Å². The predicted octanol–water partition coefficient (Wildman–Crippen LogP) is 1.98. The maximum absolute atomic E-state index is 5.18. The van der Waals surface area contributed by atoms with Gasteiger partial charge in [0, 0.05) is 32.9 Å². The van der Waals surface area contributed by atoms with Crippen LogP contribution in [0.5, 0.6) is 0 Å². The Morgan fingerprint density at radius 1 is 1.33 bits per heavy atom. The number of rotatable bonds is 6. The Balaban J connectivity index is 2.57. The molecule has 0 heterocycles. The van der Waals surface area contributed by atoms with Gasteiger partial charge in [-0.1, -0.05) is 12.1 Å². The zero-order valence-electron chi connectivity index (χ0n) is 13.3. The van der Waals surface area contributed by atoms with Crippen LogP contribution in [0.1, 0.15) is 19.4 Å². The van der Waals surface area contributed by atoms with Crippen LogP contribution in [0.25, 0.3) is 0 Å². The molecule has 0 aliphatic heterocycles. The summed E-state index contributed by atoms with van der Waals surface area (Å²) in [5.41, 5.74) is 5.94. The average Bonchev–Trinajstić information content (AvgIpc) is 2.45. The first-order valence-corrected chi connectivity index (χ1v) is 7.22. The fraction of sp³-hybridized carbons (Fsp3) is 0.467. The van der Waals surface area contributed by atoms with Gasteiger partial charge in [0.05, 0.1) is 12.3 Å². The van der Waals surface area contributed by atoms with Gasteiger partial charge in [0.2, 0.25) is 0 Å². The highest BCUT2D eigenvalue weighted by Crippen LogP contribution is 2.12. The number of thiocarbonyl (C=S) groups is 1. The van der Waals surface area contributed by atoms with Crippen LogP contribution < -0.4 is 15.6 Å². The average molecular weight is 308 g/mol. The lowest BCUT2D eigenvalue weighted by atomic mass is 10.1. The fourth-order valence-electron chi connectivity index (χ4n) is 1.75. The largest absolute Gasteiger partial charge is 0.383 e. The summed E-state index contributed by atoms with van der Waals surface area (Å²) in [6, 6.07) is 8.35. The first kappa shape index (κ1) is 17.4. The molecule has 0 saturated carbocycles. The van der Waals surface area contributed by atoms with Gasteiger partial charge < -0.3 is 15.0 Å². The quantitative estimate of drug-likeness (QED) is 0.478. The third-order valence-corrected chi connectivity index (χ3v) is 3.13. The van der Waals surface area contributed by atoms with Crippen LogP contribution in [-0.2, 0) is 4.74 Å². The Labute approximate surface area is 132 Å². The number of hydrazone groups is 1. The van der Waals surface area contributed by atoms with Gasteiger partial charge in [0.15, 0.2) is 5.11 Å². The second kappa shape index (κ2) is 8.59. The van der Waals surface area contributed by atoms with E-state index in [0.29, 0.717) is 11.7 Å². The number of ether oxygens (including phenoxy) is 1. The van der Waals surface area contributed by atoms with Gasteiger partial charge in [0.25, 0.3) is 0 Å². The van der Waals surface area contributed by atoms with Gasteiger partial charge in [0.1, 0.15) is 0 Å². The molecule has 1 aromatic rings. The van der Waals surface area contributed by atoms with Crippen molar-refractivity contribution >= 4 is 28.7 Å². The van der Waals surface area contributed by atoms with Crippen molar-refractivity contribution in [3.8, 4) is 0 Å². The molecule has 5 nitrogen and oxygen atoms in total. The molecule has 0 spiro atoms. The molecule has 0 aliphatic rings. The van der Waals surface area contributed by atoms with Crippen molar-refractivity contribution in [2.75, 3.05) is 32.7 Å². The Bertz CT molecular complexity index is 485. The minimum atomic E-state index is 0.143. The van der Waals surface area contributed by atoms with Crippen LogP contribution in [0.15, 0.2) is 29.4 Å². The molecule has 0 fully saturated rings. The summed E-state index contributed by atoms with van der Waals surface area (Å²) in [7, 11) is 5.69. The minimum absolute atomic E-state index is 0.143. The number of benzene rings is 1. The van der Waals surface area contributed by atoms with E-state index >= 15 is 0 Å². The highest BCUT2D eigenvalue weighted by Gasteiger charge is 2.03. The summed E-state index contributed by atoms with van der Waals surface area (Å²) in [6.45, 7) is 4.53. The molecule has 21 heavy (non-hydrogen) atoms. The molecule has 116 valence electrons. The molecule has 0 aromatic heterocycles. The molecule has 1 aromatic carbocycles. The molecule has 0 bridgehead atoms. The normalized spacial score (nSPS) is 12.7. The van der Waals surface area contributed by atoms with Gasteiger partial charge in [-0.05, 0) is 43.8 Å². The number of anilines is 1. The molecule has 0 amide bonds. The fourth-order valence-corrected chi connectivity index (χ4v) is 1.99. The van der Waals surface area contributed by atoms with Crippen LogP contribution >= 0.6 is 12.2 Å². The molecular weight excluding hydrogens is 284 g/mol. The van der Waals surface area contributed by atoms with E-state index in [9.17, 15) is 0 Å². The van der Waals surface area contributed by atoms with Gasteiger partial charge in [-0.25, -0.2) is 0 Å². The summed E-state index contributed by atoms with van der Waals surface area (Å²) in [4.78, 5) is 2.06. The van der Waals surface area contributed by atoms with Crippen molar-refractivity contribution in [1.82, 2.24) is 10.7 Å². The van der Waals surface area contributed by atoms with E-state index in [1.807, 2.05) is 40.1 Å². The first-order valence-electron chi connectivity index (χ1n) is 6.81. The van der Waals surface area contributed by atoms with Gasteiger partial charge in [-0.2, -0.15) is 5.10 Å². The first-order chi connectivity index (χ1) is 9.93. The Morgan fingerprint density at radius 2 is 1.95 bits per heavy atom. The van der Waals surface area contributed by atoms with E-state index in [1.165, 1.54) is 0 Å². The molecule has 0 unspecified atom stereocenters. The minimum Gasteiger partial charge on any atom is -0.383 e. The van der Waals surface area contributed by atoms with E-state index in [2.05, 4.69) is 32.9 Å². The summed E-state index contributed by atoms with van der Waals surface area (Å²) in [5.74, 6) is 0. The van der Waals surface area contributed by atoms with E-state index in [1.54, 1.807) is 7.11 Å². The summed E-state index contributed by atoms with van der Waals surface area (Å²) in [6.07, 6.45) is 0. The second-order valence-corrected chi connectivity index (χ2v) is 5.49. The van der Waals surface area contributed by atoms with Crippen LogP contribution in [0.3, 0.4) is 0 Å². The Morgan fingerprint density at radius 3 is 2.48 bits per heavy atom. The molecule has 1 rings (SSSR count). The number of hydrogen-bond donors (Lipinski definition) is 2. The molecule has 6 heteroatoms. The highest BCUT2D eigenvalue weighted by molar-refractivity contribution is 7.80. The Kier molecular flexibility index (Phi) is 7.11. The van der Waals surface area contributed by atoms with Crippen LogP contribution in [0, 0.1) is 0 Å². The smallest absolute Gasteiger partial charge is 0.187 e. The maximum atomic E-state index is 5.18. The number of nitrogens with zero attached hydrogens (tertiary/aromatic N) is 2. The summed E-state index contributed by atoms with van der Waals surface area (Å²) in [5, 5.41) is 7.87. The van der Waals surface area contributed by atoms with Crippen molar-refractivity contribution in [3.05, 3.63) is 29.8 Å². The number of hydrogen-bond acceptors (Lipinski definition) is 4. The third-order valence-electron chi connectivity index (χ3n) is 2.92. The Hall–Kier alpha value is -1.66. The zero-order valence-corrected chi connectivity index (χ0v) is 14.1. The number of nitrogens with one attached hydrogen (secondary N) is 2. The highest BCUT2D eigenvalue weighted by atomic mass is 32.1. The molecular formula is C15H24N4OS. The molecule has 0 aliphatic carbocycles. The van der Waals surface area contributed by atoms with Gasteiger partial charge in [-0.3, -0.25) is 5.43 Å². The van der Waals surface area contributed by atoms with Crippen molar-refractivity contribution in [3.63, 3.8) is 0 Å². The third kappa shape index (κ3) is 6.10. The van der Waals surface area contributed by atoms with Crippen molar-refractivity contribution in [1.29, 1.82) is 0 Å². The maximum Gasteiger partial charge on any atom is 0.187 e. The van der Waals surface area contributed by atoms with Crippen LogP contribution in [0.2, 0.25) is 0 Å². The summed E-state index contributed by atoms with van der Waals surface area (Å²) >= 11 is 5.18. The molecule has 2 N–H and O–H groups in total. The van der Waals surface area contributed by atoms with Crippen molar-refractivity contribution in [2.24, 2.45) is 5.10 Å². The van der Waals surface area contributed by atoms with E-state index in [-0.39, 0.29) is 6.04 Å². The zero-order chi connectivity index (χ0) is 15.8. The predicted molar refractivity (Wildman–Crippen MR) is 93.2 cm³/mol. The second-order valence-electron chi connectivity index (χ2n) is 5.08. The van der Waals surface area contributed by atoms with Crippen LogP contribution in [0.4, 0.5) is 5.69 Å². The number of methoxy groups -OCH3 is 1. The van der Waals surface area contributed by atoms with Crippen molar-refractivity contribution in [2.45, 2.75) is 19.9 Å². The standard InChI is InChI=1S/C15H24N4OS/c1-11(10-20-5)16-15(21)18-17-12(2)13-6-8-14(9-7-13)19(3)4/h6-9,11H,10H2,1-5H3,(H2,16,18,21)/b17-12-/t11-/m1/s1.